The second kappa shape index (κ2) is 11.7. The van der Waals surface area contributed by atoms with E-state index in [0.717, 1.165) is 0 Å². The number of hydrogen-bond donors (Lipinski definition) is 0. The summed E-state index contributed by atoms with van der Waals surface area (Å²) >= 11 is 0. The summed E-state index contributed by atoms with van der Waals surface area (Å²) in [7, 11) is 2.43. The first-order valence-corrected chi connectivity index (χ1v) is 6.79. The third kappa shape index (κ3) is 8.38. The van der Waals surface area contributed by atoms with E-state index in [1.807, 2.05) is 0 Å². The summed E-state index contributed by atoms with van der Waals surface area (Å²) < 4.78 is 0. The van der Waals surface area contributed by atoms with Crippen molar-refractivity contribution >= 4 is 45.9 Å². The van der Waals surface area contributed by atoms with Crippen molar-refractivity contribution in [3.63, 3.8) is 0 Å². The van der Waals surface area contributed by atoms with Crippen molar-refractivity contribution in [2.75, 3.05) is 11.5 Å². The molecule has 0 aromatic carbocycles. The Balaban J connectivity index is 4.09. The van der Waals surface area contributed by atoms with E-state index in [4.69, 9.17) is 0 Å². The van der Waals surface area contributed by atoms with Gasteiger partial charge >= 0.3 is 0 Å². The standard InChI is InChI=1S/C8H6N4O4S2/c13-3-9-7(10-4-14)1-17-18-2-8(11-5-15)12-6-16/h7-8H,1-2H2. The predicted molar refractivity (Wildman–Crippen MR) is 65.0 cm³/mol. The lowest BCUT2D eigenvalue weighted by Crippen LogP contribution is -2.05. The highest BCUT2D eigenvalue weighted by atomic mass is 33.1. The van der Waals surface area contributed by atoms with Crippen molar-refractivity contribution in [1.82, 2.24) is 0 Å². The molecule has 0 aliphatic heterocycles. The van der Waals surface area contributed by atoms with Gasteiger partial charge in [-0.25, -0.2) is 19.2 Å². The van der Waals surface area contributed by atoms with Crippen LogP contribution >= 0.6 is 21.6 Å². The molecular formula is C8H6N4O4S2. The van der Waals surface area contributed by atoms with Crippen LogP contribution in [0.15, 0.2) is 20.0 Å². The highest BCUT2D eigenvalue weighted by Crippen LogP contribution is 2.24. The Labute approximate surface area is 109 Å². The van der Waals surface area contributed by atoms with Crippen LogP contribution in [0.3, 0.4) is 0 Å². The molecule has 8 nitrogen and oxygen atoms in total. The summed E-state index contributed by atoms with van der Waals surface area (Å²) in [6, 6.07) is 0. The van der Waals surface area contributed by atoms with Crippen LogP contribution in [0, 0.1) is 0 Å². The second-order valence-corrected chi connectivity index (χ2v) is 4.96. The molecule has 0 atom stereocenters. The minimum absolute atomic E-state index is 0.234. The Morgan fingerprint density at radius 1 is 0.667 bits per heavy atom. The Morgan fingerprint density at radius 2 is 0.944 bits per heavy atom. The van der Waals surface area contributed by atoms with Gasteiger partial charge in [-0.2, -0.15) is 20.0 Å². The van der Waals surface area contributed by atoms with Gasteiger partial charge in [0.15, 0.2) is 12.3 Å². The SMILES string of the molecule is O=C=NC(CSSCC(N=C=O)N=C=O)N=C=O. The van der Waals surface area contributed by atoms with Gasteiger partial charge in [0.05, 0.1) is 0 Å². The van der Waals surface area contributed by atoms with Gasteiger partial charge in [0.1, 0.15) is 0 Å². The summed E-state index contributed by atoms with van der Waals surface area (Å²) in [4.78, 5) is 53.0. The van der Waals surface area contributed by atoms with Crippen LogP contribution in [0.5, 0.6) is 0 Å². The zero-order valence-electron chi connectivity index (χ0n) is 8.81. The zero-order chi connectivity index (χ0) is 13.6. The summed E-state index contributed by atoms with van der Waals surface area (Å²) in [5.74, 6) is 0.467. The molecule has 0 N–H and O–H groups in total. The third-order valence-electron chi connectivity index (χ3n) is 1.32. The Morgan fingerprint density at radius 3 is 1.17 bits per heavy atom. The number of carbonyl (C=O) groups excluding carboxylic acids is 4. The third-order valence-corrected chi connectivity index (χ3v) is 3.68. The number of isocyanates is 4. The lowest BCUT2D eigenvalue weighted by Gasteiger charge is -2.04. The molecule has 0 aliphatic rings. The maximum atomic E-state index is 9.99. The maximum absolute atomic E-state index is 9.99. The summed E-state index contributed by atoms with van der Waals surface area (Å²) in [6.45, 7) is 0. The summed E-state index contributed by atoms with van der Waals surface area (Å²) in [5, 5.41) is 0. The van der Waals surface area contributed by atoms with Crippen molar-refractivity contribution in [2.24, 2.45) is 20.0 Å². The average Bonchev–Trinajstić information content (AvgIpc) is 2.35. The van der Waals surface area contributed by atoms with Crippen molar-refractivity contribution < 1.29 is 19.2 Å². The molecule has 0 saturated carbocycles. The zero-order valence-corrected chi connectivity index (χ0v) is 10.4. The minimum atomic E-state index is -0.847. The van der Waals surface area contributed by atoms with E-state index < -0.39 is 12.3 Å². The molecule has 0 heterocycles. The Bertz CT molecular complexity index is 368. The van der Waals surface area contributed by atoms with Gasteiger partial charge in [0, 0.05) is 11.5 Å². The molecule has 0 spiro atoms. The Hall–Kier alpha value is -1.78. The quantitative estimate of drug-likeness (QED) is 0.261. The molecule has 10 heteroatoms. The van der Waals surface area contributed by atoms with Gasteiger partial charge in [-0.05, 0) is 0 Å². The molecule has 0 rings (SSSR count). The summed E-state index contributed by atoms with van der Waals surface area (Å²) in [6.07, 6.45) is 3.44. The van der Waals surface area contributed by atoms with E-state index in [1.54, 1.807) is 0 Å². The first-order chi connectivity index (χ1) is 8.78. The first-order valence-electron chi connectivity index (χ1n) is 4.30. The normalized spacial score (nSPS) is 11.8. The van der Waals surface area contributed by atoms with Crippen LogP contribution in [-0.2, 0) is 19.2 Å². The molecule has 0 amide bonds. The molecule has 18 heavy (non-hydrogen) atoms. The smallest absolute Gasteiger partial charge is 0.211 e. The van der Waals surface area contributed by atoms with E-state index in [2.05, 4.69) is 20.0 Å². The minimum Gasteiger partial charge on any atom is -0.211 e. The van der Waals surface area contributed by atoms with Gasteiger partial charge < -0.3 is 0 Å². The van der Waals surface area contributed by atoms with E-state index >= 15 is 0 Å². The van der Waals surface area contributed by atoms with Gasteiger partial charge in [0.25, 0.3) is 0 Å². The molecule has 0 unspecified atom stereocenters. The molecule has 0 saturated heterocycles. The fraction of sp³-hybridized carbons (Fsp3) is 0.500. The first kappa shape index (κ1) is 16.2. The van der Waals surface area contributed by atoms with Crippen molar-refractivity contribution in [2.45, 2.75) is 12.3 Å². The van der Waals surface area contributed by atoms with Gasteiger partial charge in [0.2, 0.25) is 24.3 Å². The van der Waals surface area contributed by atoms with E-state index in [9.17, 15) is 19.2 Å². The highest BCUT2D eigenvalue weighted by molar-refractivity contribution is 8.76. The van der Waals surface area contributed by atoms with Crippen molar-refractivity contribution in [3.05, 3.63) is 0 Å². The maximum Gasteiger partial charge on any atom is 0.237 e. The molecule has 94 valence electrons. The second-order valence-electron chi connectivity index (χ2n) is 2.41. The monoisotopic (exact) mass is 286 g/mol. The van der Waals surface area contributed by atoms with Crippen LogP contribution < -0.4 is 0 Å². The van der Waals surface area contributed by atoms with Gasteiger partial charge in [-0.1, -0.05) is 21.6 Å². The molecule has 0 bridgehead atoms. The lowest BCUT2D eigenvalue weighted by molar-refractivity contribution is 0.552. The fourth-order valence-electron chi connectivity index (χ4n) is 0.668. The molecule has 0 aliphatic carbocycles. The molecule has 0 radical (unpaired) electrons. The van der Waals surface area contributed by atoms with Crippen LogP contribution in [0.1, 0.15) is 0 Å². The number of hydrogen-bond acceptors (Lipinski definition) is 10. The predicted octanol–water partition coefficient (Wildman–Crippen LogP) is 0.363. The van der Waals surface area contributed by atoms with Crippen LogP contribution in [-0.4, -0.2) is 48.2 Å². The fourth-order valence-corrected chi connectivity index (χ4v) is 2.71. The largest absolute Gasteiger partial charge is 0.237 e. The van der Waals surface area contributed by atoms with Crippen molar-refractivity contribution in [1.29, 1.82) is 0 Å². The molecule has 0 aromatic heterocycles. The number of nitrogens with zero attached hydrogens (tertiary/aromatic N) is 4. The van der Waals surface area contributed by atoms with E-state index in [-0.39, 0.29) is 11.5 Å². The van der Waals surface area contributed by atoms with Gasteiger partial charge in [-0.15, -0.1) is 0 Å². The highest BCUT2D eigenvalue weighted by Gasteiger charge is 2.08. The molecular weight excluding hydrogens is 280 g/mol. The van der Waals surface area contributed by atoms with E-state index in [1.165, 1.54) is 45.9 Å². The van der Waals surface area contributed by atoms with Crippen LogP contribution in [0.2, 0.25) is 0 Å². The summed E-state index contributed by atoms with van der Waals surface area (Å²) in [5.41, 5.74) is 0. The lowest BCUT2D eigenvalue weighted by atomic mass is 10.6. The van der Waals surface area contributed by atoms with Crippen LogP contribution in [0.25, 0.3) is 0 Å². The topological polar surface area (TPSA) is 118 Å². The molecule has 0 aromatic rings. The van der Waals surface area contributed by atoms with Crippen molar-refractivity contribution in [3.8, 4) is 0 Å². The van der Waals surface area contributed by atoms with Crippen LogP contribution in [0.4, 0.5) is 0 Å². The van der Waals surface area contributed by atoms with Gasteiger partial charge in [-0.3, -0.25) is 0 Å². The molecule has 0 fully saturated rings. The average molecular weight is 286 g/mol. The number of aliphatic imine (C=N–C) groups is 4. The Kier molecular flexibility index (Phi) is 10.5. The number of rotatable bonds is 9. The van der Waals surface area contributed by atoms with E-state index in [0.29, 0.717) is 0 Å².